The lowest BCUT2D eigenvalue weighted by Gasteiger charge is -2.17. The van der Waals surface area contributed by atoms with Gasteiger partial charge in [0.15, 0.2) is 6.23 Å². The van der Waals surface area contributed by atoms with Crippen LogP contribution in [0.25, 0.3) is 0 Å². The zero-order valence-electron chi connectivity index (χ0n) is 16.9. The zero-order chi connectivity index (χ0) is 21.7. The fourth-order valence-corrected chi connectivity index (χ4v) is 3.20. The average molecular weight is 415 g/mol. The Kier molecular flexibility index (Phi) is 6.96. The van der Waals surface area contributed by atoms with Gasteiger partial charge < -0.3 is 19.9 Å². The summed E-state index contributed by atoms with van der Waals surface area (Å²) in [5, 5.41) is 12.6. The Hall–Kier alpha value is -3.04. The van der Waals surface area contributed by atoms with Gasteiger partial charge in [0.25, 0.3) is 5.91 Å². The summed E-state index contributed by atoms with van der Waals surface area (Å²) in [6.07, 6.45) is 1.63. The molecule has 1 aliphatic heterocycles. The van der Waals surface area contributed by atoms with Gasteiger partial charge in [-0.05, 0) is 31.5 Å². The number of rotatable bonds is 7. The van der Waals surface area contributed by atoms with Crippen LogP contribution in [0.2, 0.25) is 0 Å². The Morgan fingerprint density at radius 1 is 1.30 bits per heavy atom. The Labute approximate surface area is 173 Å². The number of carbonyl (C=O) groups is 2. The number of ether oxygens (including phenoxy) is 2. The van der Waals surface area contributed by atoms with E-state index in [0.29, 0.717) is 6.42 Å². The minimum atomic E-state index is -0.816. The van der Waals surface area contributed by atoms with Crippen LogP contribution in [0.5, 0.6) is 0 Å². The number of anilines is 1. The molecule has 1 amide bonds. The fourth-order valence-electron chi connectivity index (χ4n) is 3.20. The first-order valence-electron chi connectivity index (χ1n) is 9.91. The van der Waals surface area contributed by atoms with Crippen LogP contribution >= 0.6 is 0 Å². The van der Waals surface area contributed by atoms with E-state index in [0.717, 1.165) is 12.8 Å². The zero-order valence-corrected chi connectivity index (χ0v) is 16.9. The quantitative estimate of drug-likeness (QED) is 0.525. The van der Waals surface area contributed by atoms with Gasteiger partial charge in [-0.1, -0.05) is 25.5 Å². The lowest BCUT2D eigenvalue weighted by Crippen LogP contribution is -2.32. The summed E-state index contributed by atoms with van der Waals surface area (Å²) in [5.74, 6) is -1.15. The highest BCUT2D eigenvalue weighted by Crippen LogP contribution is 2.27. The maximum atomic E-state index is 12.7. The van der Waals surface area contributed by atoms with Gasteiger partial charge in [-0.15, -0.1) is 0 Å². The van der Waals surface area contributed by atoms with Gasteiger partial charge in [0, 0.05) is 12.6 Å². The van der Waals surface area contributed by atoms with E-state index in [2.05, 4.69) is 10.3 Å². The van der Waals surface area contributed by atoms with Crippen LogP contribution in [0, 0.1) is 0 Å². The monoisotopic (exact) mass is 415 g/mol. The van der Waals surface area contributed by atoms with Crippen molar-refractivity contribution in [1.82, 2.24) is 9.55 Å². The van der Waals surface area contributed by atoms with Crippen LogP contribution < -0.4 is 11.0 Å². The van der Waals surface area contributed by atoms with E-state index in [4.69, 9.17) is 9.47 Å². The number of unbranched alkanes of at least 4 members (excludes halogenated alkanes) is 1. The molecule has 0 spiro atoms. The number of aromatic nitrogens is 2. The molecule has 1 aliphatic rings. The second-order valence-electron chi connectivity index (χ2n) is 7.13. The Morgan fingerprint density at radius 2 is 2.03 bits per heavy atom. The van der Waals surface area contributed by atoms with Crippen molar-refractivity contribution in [1.29, 1.82) is 0 Å². The van der Waals surface area contributed by atoms with Crippen molar-refractivity contribution in [3.05, 3.63) is 58.1 Å². The Morgan fingerprint density at radius 3 is 2.67 bits per heavy atom. The summed E-state index contributed by atoms with van der Waals surface area (Å²) in [5.41, 5.74) is -0.414. The molecule has 1 aromatic carbocycles. The molecule has 160 valence electrons. The smallest absolute Gasteiger partial charge is 0.351 e. The summed E-state index contributed by atoms with van der Waals surface area (Å²) >= 11 is 0. The topological polar surface area (TPSA) is 120 Å². The minimum absolute atomic E-state index is 0.0240. The SMILES string of the molecule is CCCCOC(=O)c1ccccc1C(=O)Nc1ccn(C2OC(C)CC2O)c(=O)n1. The summed E-state index contributed by atoms with van der Waals surface area (Å²) in [6, 6.07) is 7.70. The van der Waals surface area contributed by atoms with Gasteiger partial charge in [0.2, 0.25) is 0 Å². The molecule has 2 N–H and O–H groups in total. The molecule has 3 unspecified atom stereocenters. The second kappa shape index (κ2) is 9.64. The van der Waals surface area contributed by atoms with Gasteiger partial charge in [-0.2, -0.15) is 4.98 Å². The van der Waals surface area contributed by atoms with Crippen molar-refractivity contribution >= 4 is 17.7 Å². The third-order valence-electron chi connectivity index (χ3n) is 4.74. The first-order valence-corrected chi connectivity index (χ1v) is 9.91. The lowest BCUT2D eigenvalue weighted by molar-refractivity contribution is -0.0347. The molecule has 0 saturated carbocycles. The molecular formula is C21H25N3O6. The predicted octanol–water partition coefficient (Wildman–Crippen LogP) is 2.12. The molecule has 2 aromatic rings. The standard InChI is InChI=1S/C21H25N3O6/c1-3-4-11-29-20(27)15-8-6-5-7-14(15)18(26)22-17-9-10-24(21(28)23-17)19-16(25)12-13(2)30-19/h5-10,13,16,19,25H,3-4,11-12H2,1-2H3,(H,22,23,26,28). The highest BCUT2D eigenvalue weighted by Gasteiger charge is 2.33. The number of nitrogens with one attached hydrogen (secondary N) is 1. The number of benzene rings is 1. The molecule has 9 nitrogen and oxygen atoms in total. The van der Waals surface area contributed by atoms with Gasteiger partial charge in [-0.25, -0.2) is 9.59 Å². The minimum Gasteiger partial charge on any atom is -0.462 e. The van der Waals surface area contributed by atoms with Crippen molar-refractivity contribution in [2.24, 2.45) is 0 Å². The molecular weight excluding hydrogens is 390 g/mol. The molecule has 0 aliphatic carbocycles. The number of esters is 1. The lowest BCUT2D eigenvalue weighted by atomic mass is 10.1. The van der Waals surface area contributed by atoms with Crippen molar-refractivity contribution in [2.75, 3.05) is 11.9 Å². The second-order valence-corrected chi connectivity index (χ2v) is 7.13. The van der Waals surface area contributed by atoms with Gasteiger partial charge in [0.1, 0.15) is 11.9 Å². The highest BCUT2D eigenvalue weighted by atomic mass is 16.5. The van der Waals surface area contributed by atoms with E-state index in [9.17, 15) is 19.5 Å². The van der Waals surface area contributed by atoms with Crippen LogP contribution in [0.1, 0.15) is 60.1 Å². The Bertz CT molecular complexity index is 973. The van der Waals surface area contributed by atoms with Crippen LogP contribution in [-0.4, -0.2) is 45.3 Å². The third kappa shape index (κ3) is 4.92. The number of aliphatic hydroxyl groups excluding tert-OH is 1. The van der Waals surface area contributed by atoms with Crippen LogP contribution in [0.4, 0.5) is 5.82 Å². The summed E-state index contributed by atoms with van der Waals surface area (Å²) in [6.45, 7) is 4.07. The molecule has 3 rings (SSSR count). The molecule has 3 atom stereocenters. The number of amides is 1. The molecule has 0 bridgehead atoms. The van der Waals surface area contributed by atoms with E-state index < -0.39 is 29.9 Å². The first kappa shape index (κ1) is 21.7. The van der Waals surface area contributed by atoms with E-state index >= 15 is 0 Å². The molecule has 1 aromatic heterocycles. The van der Waals surface area contributed by atoms with E-state index in [1.807, 2.05) is 6.92 Å². The van der Waals surface area contributed by atoms with Crippen molar-refractivity contribution < 1.29 is 24.2 Å². The van der Waals surface area contributed by atoms with Crippen molar-refractivity contribution in [2.45, 2.75) is 51.5 Å². The number of aliphatic hydroxyl groups is 1. The average Bonchev–Trinajstić information content (AvgIpc) is 3.06. The molecule has 30 heavy (non-hydrogen) atoms. The predicted molar refractivity (Wildman–Crippen MR) is 108 cm³/mol. The van der Waals surface area contributed by atoms with Gasteiger partial charge >= 0.3 is 11.7 Å². The number of nitrogens with zero attached hydrogens (tertiary/aromatic N) is 2. The van der Waals surface area contributed by atoms with Gasteiger partial charge in [0.05, 0.1) is 23.8 Å². The molecule has 1 saturated heterocycles. The van der Waals surface area contributed by atoms with Crippen LogP contribution in [-0.2, 0) is 9.47 Å². The maximum Gasteiger partial charge on any atom is 0.351 e. The first-order chi connectivity index (χ1) is 14.4. The fraction of sp³-hybridized carbons (Fsp3) is 0.429. The Balaban J connectivity index is 1.75. The molecule has 9 heteroatoms. The molecule has 0 radical (unpaired) electrons. The van der Waals surface area contributed by atoms with Crippen molar-refractivity contribution in [3.63, 3.8) is 0 Å². The third-order valence-corrected chi connectivity index (χ3v) is 4.74. The van der Waals surface area contributed by atoms with E-state index in [1.54, 1.807) is 19.1 Å². The van der Waals surface area contributed by atoms with Crippen LogP contribution in [0.3, 0.4) is 0 Å². The van der Waals surface area contributed by atoms with E-state index in [-0.39, 0.29) is 29.7 Å². The highest BCUT2D eigenvalue weighted by molar-refractivity contribution is 6.10. The molecule has 1 fully saturated rings. The largest absolute Gasteiger partial charge is 0.462 e. The summed E-state index contributed by atoms with van der Waals surface area (Å²) in [4.78, 5) is 41.2. The summed E-state index contributed by atoms with van der Waals surface area (Å²) in [7, 11) is 0. The van der Waals surface area contributed by atoms with E-state index in [1.165, 1.54) is 29.0 Å². The number of carbonyl (C=O) groups excluding carboxylic acids is 2. The van der Waals surface area contributed by atoms with Crippen molar-refractivity contribution in [3.8, 4) is 0 Å². The maximum absolute atomic E-state index is 12.7. The van der Waals surface area contributed by atoms with Crippen LogP contribution in [0.15, 0.2) is 41.3 Å². The number of hydrogen-bond acceptors (Lipinski definition) is 7. The summed E-state index contributed by atoms with van der Waals surface area (Å²) < 4.78 is 11.9. The normalized spacial score (nSPS) is 20.7. The van der Waals surface area contributed by atoms with Gasteiger partial charge in [-0.3, -0.25) is 9.36 Å². The molecule has 2 heterocycles. The number of hydrogen-bond donors (Lipinski definition) is 2.